The Bertz CT molecular complexity index is 748. The molecule has 9 nitrogen and oxygen atoms in total. The molecule has 0 aliphatic carbocycles. The maximum Gasteiger partial charge on any atom is 0.268 e. The molecule has 0 saturated carbocycles. The quantitative estimate of drug-likeness (QED) is 0.755. The van der Waals surface area contributed by atoms with Gasteiger partial charge in [0.05, 0.1) is 11.9 Å². The van der Waals surface area contributed by atoms with Gasteiger partial charge in [-0.05, 0) is 18.8 Å². The third-order valence-corrected chi connectivity index (χ3v) is 4.65. The Balaban J connectivity index is 1.46. The van der Waals surface area contributed by atoms with Crippen LogP contribution in [0, 0.1) is 5.92 Å². The number of carbonyl (C=O) groups excluding carboxylic acids is 2. The Morgan fingerprint density at radius 3 is 2.72 bits per heavy atom. The second-order valence-corrected chi connectivity index (χ2v) is 6.41. The van der Waals surface area contributed by atoms with Gasteiger partial charge in [0.25, 0.3) is 11.5 Å². The van der Waals surface area contributed by atoms with Gasteiger partial charge in [-0.15, -0.1) is 0 Å². The Morgan fingerprint density at radius 1 is 1.32 bits per heavy atom. The number of amides is 2. The van der Waals surface area contributed by atoms with Gasteiger partial charge in [0, 0.05) is 45.6 Å². The molecule has 134 valence electrons. The Labute approximate surface area is 145 Å². The zero-order valence-corrected chi connectivity index (χ0v) is 14.2. The van der Waals surface area contributed by atoms with Crippen LogP contribution in [0.4, 0.5) is 5.69 Å². The number of aromatic nitrogens is 2. The van der Waals surface area contributed by atoms with Crippen LogP contribution in [0.1, 0.15) is 25.7 Å². The third kappa shape index (κ3) is 4.23. The molecule has 1 fully saturated rings. The van der Waals surface area contributed by atoms with Gasteiger partial charge in [-0.2, -0.15) is 10.2 Å². The molecule has 0 bridgehead atoms. The fraction of sp³-hybridized carbons (Fsp3) is 0.562. The maximum absolute atomic E-state index is 12.1. The number of hydrogen-bond acceptors (Lipinski definition) is 6. The zero-order valence-electron chi connectivity index (χ0n) is 14.2. The first-order chi connectivity index (χ1) is 12.0. The van der Waals surface area contributed by atoms with Crippen molar-refractivity contribution < 1.29 is 9.59 Å². The van der Waals surface area contributed by atoms with Gasteiger partial charge >= 0.3 is 0 Å². The van der Waals surface area contributed by atoms with Gasteiger partial charge in [-0.25, -0.2) is 10.1 Å². The highest BCUT2D eigenvalue weighted by Crippen LogP contribution is 2.21. The van der Waals surface area contributed by atoms with E-state index in [0.717, 1.165) is 31.6 Å². The Hall–Kier alpha value is -2.71. The zero-order chi connectivity index (χ0) is 17.8. The molecule has 0 aromatic carbocycles. The fourth-order valence-electron chi connectivity index (χ4n) is 3.01. The number of rotatable bonds is 4. The maximum atomic E-state index is 12.1. The van der Waals surface area contributed by atoms with Crippen molar-refractivity contribution in [1.82, 2.24) is 20.5 Å². The molecule has 2 aliphatic rings. The van der Waals surface area contributed by atoms with Crippen molar-refractivity contribution in [2.75, 3.05) is 24.5 Å². The van der Waals surface area contributed by atoms with E-state index in [0.29, 0.717) is 31.0 Å². The van der Waals surface area contributed by atoms with Crippen molar-refractivity contribution in [3.63, 3.8) is 0 Å². The SMILES string of the molecule is Cn1ncc(N2CCC(CNC(=O)C3=NNC(=O)CC3)CC2)cc1=O. The summed E-state index contributed by atoms with van der Waals surface area (Å²) in [5.41, 5.74) is 3.44. The summed E-state index contributed by atoms with van der Waals surface area (Å²) in [7, 11) is 1.63. The van der Waals surface area contributed by atoms with Crippen molar-refractivity contribution >= 4 is 23.2 Å². The number of hydrogen-bond donors (Lipinski definition) is 2. The predicted molar refractivity (Wildman–Crippen MR) is 92.2 cm³/mol. The highest BCUT2D eigenvalue weighted by atomic mass is 16.2. The monoisotopic (exact) mass is 346 g/mol. The molecule has 2 N–H and O–H groups in total. The third-order valence-electron chi connectivity index (χ3n) is 4.65. The Kier molecular flexibility index (Phi) is 5.11. The first kappa shape index (κ1) is 17.1. The van der Waals surface area contributed by atoms with Gasteiger partial charge in [0.15, 0.2) is 0 Å². The second-order valence-electron chi connectivity index (χ2n) is 6.41. The highest BCUT2D eigenvalue weighted by molar-refractivity contribution is 6.39. The Morgan fingerprint density at radius 2 is 2.08 bits per heavy atom. The summed E-state index contributed by atoms with van der Waals surface area (Å²) in [5, 5.41) is 10.8. The average Bonchev–Trinajstić information content (AvgIpc) is 2.63. The number of piperidine rings is 1. The smallest absolute Gasteiger partial charge is 0.268 e. The summed E-state index contributed by atoms with van der Waals surface area (Å²) in [4.78, 5) is 36.9. The molecule has 1 saturated heterocycles. The molecule has 9 heteroatoms. The predicted octanol–water partition coefficient (Wildman–Crippen LogP) is -0.621. The minimum Gasteiger partial charge on any atom is -0.370 e. The molecule has 2 amide bonds. The topological polar surface area (TPSA) is 109 Å². The van der Waals surface area contributed by atoms with E-state index >= 15 is 0 Å². The lowest BCUT2D eigenvalue weighted by molar-refractivity contribution is -0.121. The minimum absolute atomic E-state index is 0.118. The van der Waals surface area contributed by atoms with Crippen molar-refractivity contribution in [3.8, 4) is 0 Å². The van der Waals surface area contributed by atoms with Crippen LogP contribution in [0.15, 0.2) is 22.2 Å². The van der Waals surface area contributed by atoms with Gasteiger partial charge in [0.1, 0.15) is 5.71 Å². The lowest BCUT2D eigenvalue weighted by atomic mass is 9.96. The molecule has 3 heterocycles. The summed E-state index contributed by atoms with van der Waals surface area (Å²) >= 11 is 0. The van der Waals surface area contributed by atoms with Crippen molar-refractivity contribution in [1.29, 1.82) is 0 Å². The van der Waals surface area contributed by atoms with Crippen LogP contribution in [0.25, 0.3) is 0 Å². The molecule has 0 atom stereocenters. The molecule has 1 aromatic heterocycles. The van der Waals surface area contributed by atoms with Crippen molar-refractivity contribution in [3.05, 3.63) is 22.6 Å². The van der Waals surface area contributed by atoms with Gasteiger partial charge in [0.2, 0.25) is 5.91 Å². The number of hydrazone groups is 1. The second kappa shape index (κ2) is 7.45. The molecule has 3 rings (SSSR count). The van der Waals surface area contributed by atoms with Crippen LogP contribution in [0.3, 0.4) is 0 Å². The van der Waals surface area contributed by atoms with Crippen molar-refractivity contribution in [2.24, 2.45) is 18.1 Å². The highest BCUT2D eigenvalue weighted by Gasteiger charge is 2.22. The minimum atomic E-state index is -0.210. The lowest BCUT2D eigenvalue weighted by Crippen LogP contribution is -2.42. The number of nitrogens with one attached hydrogen (secondary N) is 2. The van der Waals surface area contributed by atoms with Crippen LogP contribution in [0.5, 0.6) is 0 Å². The van der Waals surface area contributed by atoms with Gasteiger partial charge in [-0.3, -0.25) is 14.4 Å². The van der Waals surface area contributed by atoms with E-state index in [9.17, 15) is 14.4 Å². The summed E-state index contributed by atoms with van der Waals surface area (Å²) in [6, 6.07) is 1.60. The van der Waals surface area contributed by atoms with E-state index in [1.54, 1.807) is 19.3 Å². The van der Waals surface area contributed by atoms with Gasteiger partial charge in [-0.1, -0.05) is 0 Å². The largest absolute Gasteiger partial charge is 0.370 e. The van der Waals surface area contributed by atoms with Crippen LogP contribution >= 0.6 is 0 Å². The fourth-order valence-corrected chi connectivity index (χ4v) is 3.01. The van der Waals surface area contributed by atoms with Gasteiger partial charge < -0.3 is 10.2 Å². The summed E-state index contributed by atoms with van der Waals surface area (Å²) < 4.78 is 1.31. The van der Waals surface area contributed by atoms with E-state index in [4.69, 9.17) is 0 Å². The van der Waals surface area contributed by atoms with Crippen LogP contribution in [-0.4, -0.2) is 46.9 Å². The standard InChI is InChI=1S/C16H22N6O3/c1-21-15(24)8-12(10-18-21)22-6-4-11(5-7-22)9-17-16(25)13-2-3-14(23)20-19-13/h8,10-11H,2-7,9H2,1H3,(H,17,25)(H,20,23). The summed E-state index contributed by atoms with van der Waals surface area (Å²) in [6.45, 7) is 2.24. The van der Waals surface area contributed by atoms with E-state index in [1.807, 2.05) is 0 Å². The number of carbonyl (C=O) groups is 2. The van der Waals surface area contributed by atoms with Crippen LogP contribution < -0.4 is 21.2 Å². The number of nitrogens with zero attached hydrogens (tertiary/aromatic N) is 4. The van der Waals surface area contributed by atoms with E-state index in [2.05, 4.69) is 25.8 Å². The first-order valence-electron chi connectivity index (χ1n) is 8.45. The molecule has 0 radical (unpaired) electrons. The molecule has 0 unspecified atom stereocenters. The molecule has 2 aliphatic heterocycles. The van der Waals surface area contributed by atoms with E-state index in [-0.39, 0.29) is 17.4 Å². The number of anilines is 1. The normalized spacial score (nSPS) is 18.5. The number of aryl methyl sites for hydroxylation is 1. The van der Waals surface area contributed by atoms with Crippen LogP contribution in [0.2, 0.25) is 0 Å². The average molecular weight is 346 g/mol. The first-order valence-corrected chi connectivity index (χ1v) is 8.45. The van der Waals surface area contributed by atoms with E-state index in [1.165, 1.54) is 4.68 Å². The molecular formula is C16H22N6O3. The molecular weight excluding hydrogens is 324 g/mol. The summed E-state index contributed by atoms with van der Waals surface area (Å²) in [6.07, 6.45) is 4.25. The van der Waals surface area contributed by atoms with Crippen molar-refractivity contribution in [2.45, 2.75) is 25.7 Å². The lowest BCUT2D eigenvalue weighted by Gasteiger charge is -2.33. The van der Waals surface area contributed by atoms with Crippen LogP contribution in [-0.2, 0) is 16.6 Å². The molecule has 1 aromatic rings. The van der Waals surface area contributed by atoms with E-state index < -0.39 is 0 Å². The summed E-state index contributed by atoms with van der Waals surface area (Å²) in [5.74, 6) is 0.0193. The molecule has 0 spiro atoms. The molecule has 25 heavy (non-hydrogen) atoms.